The van der Waals surface area contributed by atoms with Crippen LogP contribution in [0.2, 0.25) is 0 Å². The molecule has 1 aromatic heterocycles. The van der Waals surface area contributed by atoms with Gasteiger partial charge in [-0.25, -0.2) is 0 Å². The lowest BCUT2D eigenvalue weighted by Gasteiger charge is -2.35. The van der Waals surface area contributed by atoms with Gasteiger partial charge in [0.25, 0.3) is 0 Å². The van der Waals surface area contributed by atoms with E-state index in [1.54, 1.807) is 0 Å². The minimum Gasteiger partial charge on any atom is -0.394 e. The number of rotatable bonds is 3. The molecule has 3 N–H and O–H groups in total. The fourth-order valence-corrected chi connectivity index (χ4v) is 2.99. The molecule has 1 aromatic rings. The summed E-state index contributed by atoms with van der Waals surface area (Å²) < 4.78 is 1.89. The summed E-state index contributed by atoms with van der Waals surface area (Å²) in [5, 5.41) is 8.10. The summed E-state index contributed by atoms with van der Waals surface area (Å²) in [6, 6.07) is 0.524. The zero-order valence-corrected chi connectivity index (χ0v) is 12.0. The van der Waals surface area contributed by atoms with Gasteiger partial charge in [-0.05, 0) is 24.7 Å². The van der Waals surface area contributed by atoms with Crippen LogP contribution < -0.4 is 11.1 Å². The van der Waals surface area contributed by atoms with Gasteiger partial charge in [-0.2, -0.15) is 5.10 Å². The molecule has 18 heavy (non-hydrogen) atoms. The summed E-state index contributed by atoms with van der Waals surface area (Å²) in [5.74, 6) is 2.48. The number of anilines is 2. The van der Waals surface area contributed by atoms with E-state index in [-0.39, 0.29) is 0 Å². The highest BCUT2D eigenvalue weighted by Crippen LogP contribution is 2.33. The third-order valence-electron chi connectivity index (χ3n) is 4.52. The van der Waals surface area contributed by atoms with Crippen LogP contribution in [-0.2, 0) is 13.5 Å². The molecular formula is C14H26N4. The first-order valence-corrected chi connectivity index (χ1v) is 7.12. The standard InChI is InChI=1S/C14H26N4/c1-5-11-13(15)14(18(4)17-11)16-12-8-6-7-9(2)10(12)3/h9-10,12,16H,5-8,15H2,1-4H3. The Morgan fingerprint density at radius 1 is 1.39 bits per heavy atom. The topological polar surface area (TPSA) is 55.9 Å². The maximum atomic E-state index is 6.17. The molecule has 0 bridgehead atoms. The van der Waals surface area contributed by atoms with E-state index in [1.165, 1.54) is 19.3 Å². The molecule has 0 aromatic carbocycles. The molecule has 3 atom stereocenters. The van der Waals surface area contributed by atoms with Gasteiger partial charge in [-0.15, -0.1) is 0 Å². The highest BCUT2D eigenvalue weighted by atomic mass is 15.3. The highest BCUT2D eigenvalue weighted by Gasteiger charge is 2.28. The number of nitrogens with two attached hydrogens (primary N) is 1. The molecule has 1 heterocycles. The predicted octanol–water partition coefficient (Wildman–Crippen LogP) is 2.80. The molecule has 1 saturated carbocycles. The summed E-state index contributed by atoms with van der Waals surface area (Å²) >= 11 is 0. The van der Waals surface area contributed by atoms with Gasteiger partial charge in [0.05, 0.1) is 11.4 Å². The molecule has 0 aliphatic heterocycles. The van der Waals surface area contributed by atoms with E-state index < -0.39 is 0 Å². The molecule has 3 unspecified atom stereocenters. The van der Waals surface area contributed by atoms with Gasteiger partial charge in [0.2, 0.25) is 0 Å². The number of hydrogen-bond donors (Lipinski definition) is 2. The monoisotopic (exact) mass is 250 g/mol. The number of nitrogens with one attached hydrogen (secondary N) is 1. The lowest BCUT2D eigenvalue weighted by atomic mass is 9.78. The number of aromatic nitrogens is 2. The summed E-state index contributed by atoms with van der Waals surface area (Å²) in [6.07, 6.45) is 4.78. The molecule has 0 spiro atoms. The van der Waals surface area contributed by atoms with Gasteiger partial charge in [0, 0.05) is 13.1 Å². The van der Waals surface area contributed by atoms with Crippen molar-refractivity contribution in [1.82, 2.24) is 9.78 Å². The van der Waals surface area contributed by atoms with Crippen molar-refractivity contribution in [2.75, 3.05) is 11.1 Å². The Kier molecular flexibility index (Phi) is 3.83. The first kappa shape index (κ1) is 13.2. The number of nitrogens with zero attached hydrogens (tertiary/aromatic N) is 2. The van der Waals surface area contributed by atoms with Crippen molar-refractivity contribution in [3.05, 3.63) is 5.69 Å². The van der Waals surface area contributed by atoms with Crippen LogP contribution in [0, 0.1) is 11.8 Å². The van der Waals surface area contributed by atoms with E-state index in [0.717, 1.165) is 29.5 Å². The molecule has 2 rings (SSSR count). The molecule has 1 fully saturated rings. The van der Waals surface area contributed by atoms with Gasteiger partial charge in [0.1, 0.15) is 5.82 Å². The van der Waals surface area contributed by atoms with Crippen molar-refractivity contribution in [1.29, 1.82) is 0 Å². The summed E-state index contributed by atoms with van der Waals surface area (Å²) in [6.45, 7) is 6.78. The average Bonchev–Trinajstić information content (AvgIpc) is 2.62. The molecule has 0 saturated heterocycles. The van der Waals surface area contributed by atoms with Crippen LogP contribution in [0.5, 0.6) is 0 Å². The van der Waals surface area contributed by atoms with Gasteiger partial charge in [-0.1, -0.05) is 33.6 Å². The maximum absolute atomic E-state index is 6.17. The normalized spacial score (nSPS) is 28.3. The second-order valence-electron chi connectivity index (χ2n) is 5.70. The van der Waals surface area contributed by atoms with Crippen LogP contribution in [0.15, 0.2) is 0 Å². The van der Waals surface area contributed by atoms with Crippen LogP contribution in [0.3, 0.4) is 0 Å². The SMILES string of the molecule is CCc1nn(C)c(NC2CCCC(C)C2C)c1N. The van der Waals surface area contributed by atoms with Crippen molar-refractivity contribution in [3.63, 3.8) is 0 Å². The Morgan fingerprint density at radius 2 is 2.11 bits per heavy atom. The van der Waals surface area contributed by atoms with Crippen molar-refractivity contribution >= 4 is 11.5 Å². The van der Waals surface area contributed by atoms with Crippen molar-refractivity contribution < 1.29 is 0 Å². The number of hydrogen-bond acceptors (Lipinski definition) is 3. The molecule has 0 amide bonds. The van der Waals surface area contributed by atoms with Crippen LogP contribution in [0.25, 0.3) is 0 Å². The summed E-state index contributed by atoms with van der Waals surface area (Å²) in [7, 11) is 1.97. The van der Waals surface area contributed by atoms with Gasteiger partial charge < -0.3 is 11.1 Å². The molecule has 0 radical (unpaired) electrons. The zero-order chi connectivity index (χ0) is 13.3. The van der Waals surface area contributed by atoms with E-state index in [4.69, 9.17) is 5.73 Å². The number of aryl methyl sites for hydroxylation is 2. The molecule has 102 valence electrons. The molecule has 4 heteroatoms. The van der Waals surface area contributed by atoms with E-state index >= 15 is 0 Å². The maximum Gasteiger partial charge on any atom is 0.148 e. The second-order valence-corrected chi connectivity index (χ2v) is 5.70. The summed E-state index contributed by atoms with van der Waals surface area (Å²) in [4.78, 5) is 0. The molecular weight excluding hydrogens is 224 g/mol. The fourth-order valence-electron chi connectivity index (χ4n) is 2.99. The third-order valence-corrected chi connectivity index (χ3v) is 4.52. The summed E-state index contributed by atoms with van der Waals surface area (Å²) in [5.41, 5.74) is 7.99. The quantitative estimate of drug-likeness (QED) is 0.867. The van der Waals surface area contributed by atoms with E-state index in [0.29, 0.717) is 12.0 Å². The van der Waals surface area contributed by atoms with Gasteiger partial charge in [0.15, 0.2) is 0 Å². The fraction of sp³-hybridized carbons (Fsp3) is 0.786. The van der Waals surface area contributed by atoms with Crippen molar-refractivity contribution in [2.24, 2.45) is 18.9 Å². The average molecular weight is 250 g/mol. The third kappa shape index (κ3) is 2.33. The predicted molar refractivity (Wildman–Crippen MR) is 76.6 cm³/mol. The van der Waals surface area contributed by atoms with Crippen molar-refractivity contribution in [3.8, 4) is 0 Å². The van der Waals surface area contributed by atoms with Gasteiger partial charge in [-0.3, -0.25) is 4.68 Å². The van der Waals surface area contributed by atoms with E-state index in [9.17, 15) is 0 Å². The van der Waals surface area contributed by atoms with Gasteiger partial charge >= 0.3 is 0 Å². The first-order chi connectivity index (χ1) is 8.54. The minimum absolute atomic E-state index is 0.524. The minimum atomic E-state index is 0.524. The van der Waals surface area contributed by atoms with E-state index in [1.807, 2.05) is 11.7 Å². The first-order valence-electron chi connectivity index (χ1n) is 7.12. The molecule has 4 nitrogen and oxygen atoms in total. The van der Waals surface area contributed by atoms with Crippen LogP contribution >= 0.6 is 0 Å². The van der Waals surface area contributed by atoms with Crippen LogP contribution in [-0.4, -0.2) is 15.8 Å². The smallest absolute Gasteiger partial charge is 0.148 e. The Bertz CT molecular complexity index is 410. The Labute approximate surface area is 110 Å². The van der Waals surface area contributed by atoms with Crippen LogP contribution in [0.1, 0.15) is 45.7 Å². The van der Waals surface area contributed by atoms with Crippen molar-refractivity contribution in [2.45, 2.75) is 52.5 Å². The van der Waals surface area contributed by atoms with Crippen LogP contribution in [0.4, 0.5) is 11.5 Å². The Morgan fingerprint density at radius 3 is 2.72 bits per heavy atom. The Balaban J connectivity index is 2.16. The number of nitrogen functional groups attached to an aromatic ring is 1. The molecule has 1 aliphatic carbocycles. The largest absolute Gasteiger partial charge is 0.394 e. The lowest BCUT2D eigenvalue weighted by molar-refractivity contribution is 0.252. The zero-order valence-electron chi connectivity index (χ0n) is 12.0. The highest BCUT2D eigenvalue weighted by molar-refractivity contribution is 5.65. The second kappa shape index (κ2) is 5.21. The molecule has 1 aliphatic rings. The van der Waals surface area contributed by atoms with E-state index in [2.05, 4.69) is 31.2 Å². The lowest BCUT2D eigenvalue weighted by Crippen LogP contribution is -2.35. The Hall–Kier alpha value is -1.19.